The summed E-state index contributed by atoms with van der Waals surface area (Å²) >= 11 is 3.46. The third-order valence-corrected chi connectivity index (χ3v) is 7.24. The Kier molecular flexibility index (Phi) is 6.25. The molecule has 0 radical (unpaired) electrons. The SMILES string of the molecule is CC1OC(c2cn(-c3ccc(Br)cc3)nc2-c2ccc(F)cc2)N(CCc2ccc3c(c2)=NC(=O)C=3)C1=O. The van der Waals surface area contributed by atoms with Crippen LogP contribution in [-0.4, -0.2) is 39.1 Å². The van der Waals surface area contributed by atoms with Crippen molar-refractivity contribution < 1.29 is 18.7 Å². The molecule has 4 aromatic rings. The Morgan fingerprint density at radius 3 is 2.55 bits per heavy atom. The number of rotatable bonds is 6. The predicted molar refractivity (Wildman–Crippen MR) is 142 cm³/mol. The van der Waals surface area contributed by atoms with E-state index in [0.717, 1.165) is 20.9 Å². The molecule has 3 heterocycles. The maximum absolute atomic E-state index is 13.7. The van der Waals surface area contributed by atoms with E-state index >= 15 is 0 Å². The summed E-state index contributed by atoms with van der Waals surface area (Å²) in [6.45, 7) is 2.14. The molecule has 0 saturated carbocycles. The fraction of sp³-hybridized carbons (Fsp3) is 0.172. The van der Waals surface area contributed by atoms with E-state index in [2.05, 4.69) is 20.9 Å². The number of benzene rings is 3. The molecule has 2 amide bonds. The topological polar surface area (TPSA) is 76.8 Å². The van der Waals surface area contributed by atoms with Crippen molar-refractivity contribution >= 4 is 33.8 Å². The highest BCUT2D eigenvalue weighted by atomic mass is 79.9. The molecule has 2 atom stereocenters. The number of carbonyl (C=O) groups excluding carboxylic acids is 2. The first-order chi connectivity index (χ1) is 18.4. The van der Waals surface area contributed by atoms with E-state index in [1.165, 1.54) is 18.2 Å². The number of aromatic nitrogens is 2. The van der Waals surface area contributed by atoms with Crippen molar-refractivity contribution in [3.05, 3.63) is 105 Å². The Bertz CT molecular complexity index is 1680. The molecule has 6 rings (SSSR count). The van der Waals surface area contributed by atoms with Crippen LogP contribution in [0.5, 0.6) is 0 Å². The molecule has 0 N–H and O–H groups in total. The van der Waals surface area contributed by atoms with Crippen LogP contribution >= 0.6 is 15.9 Å². The number of halogens is 2. The molecule has 9 heteroatoms. The van der Waals surface area contributed by atoms with E-state index in [0.29, 0.717) is 35.1 Å². The number of carbonyl (C=O) groups is 2. The normalized spacial score (nSPS) is 18.4. The predicted octanol–water partition coefficient (Wildman–Crippen LogP) is 3.87. The lowest BCUT2D eigenvalue weighted by Gasteiger charge is -2.23. The van der Waals surface area contributed by atoms with Gasteiger partial charge in [0.25, 0.3) is 11.8 Å². The molecular formula is C29H22BrFN4O3. The molecule has 0 spiro atoms. The van der Waals surface area contributed by atoms with Gasteiger partial charge in [-0.05, 0) is 73.5 Å². The number of amides is 2. The molecule has 190 valence electrons. The second kappa shape index (κ2) is 9.74. The van der Waals surface area contributed by atoms with Crippen LogP contribution in [0.2, 0.25) is 0 Å². The zero-order valence-electron chi connectivity index (χ0n) is 20.3. The van der Waals surface area contributed by atoms with Gasteiger partial charge in [0, 0.05) is 39.6 Å². The Balaban J connectivity index is 1.36. The van der Waals surface area contributed by atoms with Gasteiger partial charge in [-0.1, -0.05) is 28.1 Å². The summed E-state index contributed by atoms with van der Waals surface area (Å²) in [4.78, 5) is 30.6. The first kappa shape index (κ1) is 24.4. The number of nitrogens with zero attached hydrogens (tertiary/aromatic N) is 4. The molecule has 0 aliphatic carbocycles. The van der Waals surface area contributed by atoms with Crippen molar-refractivity contribution in [1.82, 2.24) is 14.7 Å². The van der Waals surface area contributed by atoms with Crippen molar-refractivity contribution in [2.45, 2.75) is 25.7 Å². The zero-order valence-corrected chi connectivity index (χ0v) is 21.9. The fourth-order valence-corrected chi connectivity index (χ4v) is 5.03. The van der Waals surface area contributed by atoms with E-state index in [1.54, 1.807) is 28.6 Å². The van der Waals surface area contributed by atoms with Crippen molar-refractivity contribution in [3.63, 3.8) is 0 Å². The van der Waals surface area contributed by atoms with Gasteiger partial charge >= 0.3 is 0 Å². The highest BCUT2D eigenvalue weighted by molar-refractivity contribution is 9.10. The lowest BCUT2D eigenvalue weighted by atomic mass is 10.1. The van der Waals surface area contributed by atoms with Crippen LogP contribution in [0, 0.1) is 5.82 Å². The Morgan fingerprint density at radius 1 is 1.03 bits per heavy atom. The Labute approximate surface area is 226 Å². The van der Waals surface area contributed by atoms with Crippen molar-refractivity contribution in [1.29, 1.82) is 0 Å². The van der Waals surface area contributed by atoms with Gasteiger partial charge in [-0.3, -0.25) is 9.59 Å². The fourth-order valence-electron chi connectivity index (χ4n) is 4.77. The van der Waals surface area contributed by atoms with Crippen LogP contribution < -0.4 is 10.6 Å². The third-order valence-electron chi connectivity index (χ3n) is 6.71. The summed E-state index contributed by atoms with van der Waals surface area (Å²) < 4.78 is 22.6. The summed E-state index contributed by atoms with van der Waals surface area (Å²) in [7, 11) is 0. The van der Waals surface area contributed by atoms with Crippen LogP contribution in [0.4, 0.5) is 4.39 Å². The Hall–Kier alpha value is -3.95. The van der Waals surface area contributed by atoms with Crippen LogP contribution in [-0.2, 0) is 20.7 Å². The maximum atomic E-state index is 13.7. The smallest absolute Gasteiger partial charge is 0.270 e. The van der Waals surface area contributed by atoms with Gasteiger partial charge in [-0.15, -0.1) is 0 Å². The number of hydrogen-bond donors (Lipinski definition) is 0. The molecule has 38 heavy (non-hydrogen) atoms. The molecule has 0 bridgehead atoms. The minimum Gasteiger partial charge on any atom is -0.341 e. The highest BCUT2D eigenvalue weighted by Crippen LogP contribution is 2.37. The van der Waals surface area contributed by atoms with Gasteiger partial charge in [0.1, 0.15) is 17.6 Å². The van der Waals surface area contributed by atoms with Gasteiger partial charge in [0.15, 0.2) is 6.23 Å². The summed E-state index contributed by atoms with van der Waals surface area (Å²) in [5, 5.41) is 6.27. The molecule has 1 aromatic heterocycles. The van der Waals surface area contributed by atoms with Gasteiger partial charge in [0.05, 0.1) is 11.0 Å². The monoisotopic (exact) mass is 572 g/mol. The van der Waals surface area contributed by atoms with Gasteiger partial charge in [-0.2, -0.15) is 5.10 Å². The second-order valence-electron chi connectivity index (χ2n) is 9.26. The molecule has 1 saturated heterocycles. The van der Waals surface area contributed by atoms with Crippen molar-refractivity contribution in [2.75, 3.05) is 6.54 Å². The van der Waals surface area contributed by atoms with Crippen LogP contribution in [0.25, 0.3) is 23.0 Å². The molecule has 2 unspecified atom stereocenters. The Morgan fingerprint density at radius 2 is 1.79 bits per heavy atom. The quantitative estimate of drug-likeness (QED) is 0.351. The second-order valence-corrected chi connectivity index (χ2v) is 10.2. The summed E-state index contributed by atoms with van der Waals surface area (Å²) in [5.41, 5.74) is 3.83. The van der Waals surface area contributed by atoms with Crippen LogP contribution in [0.15, 0.2) is 82.4 Å². The van der Waals surface area contributed by atoms with E-state index in [9.17, 15) is 14.0 Å². The third kappa shape index (κ3) is 4.59. The average Bonchev–Trinajstić information content (AvgIpc) is 3.58. The maximum Gasteiger partial charge on any atom is 0.270 e. The van der Waals surface area contributed by atoms with E-state index < -0.39 is 12.3 Å². The average molecular weight is 573 g/mol. The number of fused-ring (bicyclic) bond motifs is 1. The summed E-state index contributed by atoms with van der Waals surface area (Å²) in [6, 6.07) is 19.5. The number of hydrogen-bond acceptors (Lipinski definition) is 4. The first-order valence-electron chi connectivity index (χ1n) is 12.2. The van der Waals surface area contributed by atoms with Gasteiger partial charge in [0.2, 0.25) is 0 Å². The molecular weight excluding hydrogens is 551 g/mol. The molecule has 2 aliphatic rings. The van der Waals surface area contributed by atoms with Crippen LogP contribution in [0.3, 0.4) is 0 Å². The minimum atomic E-state index is -0.671. The van der Waals surface area contributed by atoms with E-state index in [4.69, 9.17) is 9.84 Å². The van der Waals surface area contributed by atoms with E-state index in [1.807, 2.05) is 48.7 Å². The lowest BCUT2D eigenvalue weighted by Crippen LogP contribution is -2.32. The minimum absolute atomic E-state index is 0.120. The van der Waals surface area contributed by atoms with Crippen LogP contribution in [0.1, 0.15) is 24.3 Å². The van der Waals surface area contributed by atoms with E-state index in [-0.39, 0.29) is 17.6 Å². The largest absolute Gasteiger partial charge is 0.341 e. The standard InChI is InChI=1S/C29H22BrFN4O3/c1-17-28(37)34(13-12-18-2-3-20-15-26(36)32-25(20)14-18)29(38-17)24-16-35(23-10-6-21(30)7-11-23)33-27(24)19-4-8-22(31)9-5-19/h2-11,14-17,29H,12-13H2,1H3. The molecule has 1 fully saturated rings. The highest BCUT2D eigenvalue weighted by Gasteiger charge is 2.40. The summed E-state index contributed by atoms with van der Waals surface area (Å²) in [5.74, 6) is -0.721. The lowest BCUT2D eigenvalue weighted by molar-refractivity contribution is -0.130. The molecule has 2 aliphatic heterocycles. The van der Waals surface area contributed by atoms with Crippen molar-refractivity contribution in [2.24, 2.45) is 4.99 Å². The molecule has 7 nitrogen and oxygen atoms in total. The van der Waals surface area contributed by atoms with Crippen molar-refractivity contribution in [3.8, 4) is 16.9 Å². The zero-order chi connectivity index (χ0) is 26.4. The molecule has 3 aromatic carbocycles. The van der Waals surface area contributed by atoms with Gasteiger partial charge in [-0.25, -0.2) is 14.1 Å². The number of ether oxygens (including phenoxy) is 1. The first-order valence-corrected chi connectivity index (χ1v) is 13.0. The summed E-state index contributed by atoms with van der Waals surface area (Å²) in [6.07, 6.45) is 2.63. The van der Waals surface area contributed by atoms with Gasteiger partial charge < -0.3 is 9.64 Å².